The average Bonchev–Trinajstić information content (AvgIpc) is 2.64. The number of hydrogen-bond acceptors (Lipinski definition) is 4. The molecule has 0 amide bonds. The van der Waals surface area contributed by atoms with Gasteiger partial charge < -0.3 is 20.1 Å². The van der Waals surface area contributed by atoms with Crippen molar-refractivity contribution in [1.29, 1.82) is 0 Å². The van der Waals surface area contributed by atoms with Gasteiger partial charge in [-0.15, -0.1) is 0 Å². The number of ether oxygens (including phenoxy) is 2. The smallest absolute Gasteiger partial charge is 0.387 e. The van der Waals surface area contributed by atoms with Crippen LogP contribution in [-0.2, 0) is 13.1 Å². The molecule has 0 spiro atoms. The molecule has 0 bridgehead atoms. The van der Waals surface area contributed by atoms with Crippen LogP contribution in [0.3, 0.4) is 0 Å². The zero-order valence-corrected chi connectivity index (χ0v) is 14.7. The highest BCUT2D eigenvalue weighted by atomic mass is 19.3. The van der Waals surface area contributed by atoms with Gasteiger partial charge in [0.2, 0.25) is 0 Å². The van der Waals surface area contributed by atoms with E-state index in [1.165, 1.54) is 6.07 Å². The molecule has 8 heteroatoms. The molecule has 0 fully saturated rings. The number of aliphatic imine (C=N–C) groups is 1. The lowest BCUT2D eigenvalue weighted by molar-refractivity contribution is -0.0514. The second-order valence-electron chi connectivity index (χ2n) is 5.19. The zero-order chi connectivity index (χ0) is 18.8. The van der Waals surface area contributed by atoms with Crippen LogP contribution in [0.25, 0.3) is 0 Å². The summed E-state index contributed by atoms with van der Waals surface area (Å²) < 4.78 is 34.7. The van der Waals surface area contributed by atoms with E-state index in [1.54, 1.807) is 32.3 Å². The SMILES string of the molecule is CCOc1cc(CNC(=NC)NCc2ccccn2)ccc1OC(F)F. The molecule has 0 unspecified atom stereocenters. The second kappa shape index (κ2) is 10.2. The number of rotatable bonds is 8. The van der Waals surface area contributed by atoms with Crippen LogP contribution in [0.15, 0.2) is 47.6 Å². The van der Waals surface area contributed by atoms with E-state index in [0.717, 1.165) is 11.3 Å². The number of hydrogen-bond donors (Lipinski definition) is 2. The molecule has 2 aromatic rings. The number of nitrogens with zero attached hydrogens (tertiary/aromatic N) is 2. The van der Waals surface area contributed by atoms with Crippen LogP contribution in [0, 0.1) is 0 Å². The van der Waals surface area contributed by atoms with Crippen molar-refractivity contribution in [3.05, 3.63) is 53.9 Å². The molecular weight excluding hydrogens is 342 g/mol. The number of alkyl halides is 2. The highest BCUT2D eigenvalue weighted by Gasteiger charge is 2.11. The first-order valence-corrected chi connectivity index (χ1v) is 8.17. The molecule has 2 N–H and O–H groups in total. The third kappa shape index (κ3) is 6.19. The van der Waals surface area contributed by atoms with Gasteiger partial charge in [-0.25, -0.2) is 0 Å². The maximum absolute atomic E-state index is 12.4. The Bertz CT molecular complexity index is 712. The number of guanidine groups is 1. The normalized spacial score (nSPS) is 11.3. The largest absolute Gasteiger partial charge is 0.490 e. The second-order valence-corrected chi connectivity index (χ2v) is 5.19. The van der Waals surface area contributed by atoms with E-state index in [0.29, 0.717) is 25.7 Å². The zero-order valence-electron chi connectivity index (χ0n) is 14.7. The van der Waals surface area contributed by atoms with E-state index >= 15 is 0 Å². The van der Waals surface area contributed by atoms with Gasteiger partial charge in [0.1, 0.15) is 0 Å². The molecule has 0 atom stereocenters. The predicted molar refractivity (Wildman–Crippen MR) is 95.5 cm³/mol. The Morgan fingerprint density at radius 1 is 1.15 bits per heavy atom. The van der Waals surface area contributed by atoms with Gasteiger partial charge in [-0.2, -0.15) is 8.78 Å². The molecule has 1 aromatic carbocycles. The lowest BCUT2D eigenvalue weighted by Gasteiger charge is -2.14. The molecular formula is C18H22F2N4O2. The van der Waals surface area contributed by atoms with Crippen LogP contribution in [0.5, 0.6) is 11.5 Å². The minimum atomic E-state index is -2.90. The summed E-state index contributed by atoms with van der Waals surface area (Å²) in [6.45, 7) is 0.209. The Hall–Kier alpha value is -2.90. The summed E-state index contributed by atoms with van der Waals surface area (Å²) in [6, 6.07) is 10.5. The van der Waals surface area contributed by atoms with Crippen molar-refractivity contribution in [2.45, 2.75) is 26.6 Å². The average molecular weight is 364 g/mol. The molecule has 6 nitrogen and oxygen atoms in total. The minimum absolute atomic E-state index is 0.0169. The van der Waals surface area contributed by atoms with Gasteiger partial charge >= 0.3 is 6.61 Å². The van der Waals surface area contributed by atoms with Gasteiger partial charge in [-0.05, 0) is 36.8 Å². The molecule has 1 heterocycles. The van der Waals surface area contributed by atoms with Crippen molar-refractivity contribution in [3.63, 3.8) is 0 Å². The minimum Gasteiger partial charge on any atom is -0.490 e. The maximum atomic E-state index is 12.4. The summed E-state index contributed by atoms with van der Waals surface area (Å²) in [7, 11) is 1.67. The molecule has 0 saturated heterocycles. The van der Waals surface area contributed by atoms with Crippen LogP contribution in [0.4, 0.5) is 8.78 Å². The van der Waals surface area contributed by atoms with Crippen LogP contribution in [-0.4, -0.2) is 31.2 Å². The van der Waals surface area contributed by atoms with Gasteiger partial charge in [0, 0.05) is 19.8 Å². The van der Waals surface area contributed by atoms with Gasteiger partial charge in [-0.3, -0.25) is 9.98 Å². The Morgan fingerprint density at radius 2 is 1.96 bits per heavy atom. The van der Waals surface area contributed by atoms with Crippen LogP contribution < -0.4 is 20.1 Å². The van der Waals surface area contributed by atoms with Gasteiger partial charge in [0.05, 0.1) is 18.8 Å². The lowest BCUT2D eigenvalue weighted by Crippen LogP contribution is -2.36. The van der Waals surface area contributed by atoms with Crippen molar-refractivity contribution < 1.29 is 18.3 Å². The van der Waals surface area contributed by atoms with Crippen LogP contribution in [0.2, 0.25) is 0 Å². The molecule has 1 aromatic heterocycles. The fourth-order valence-electron chi connectivity index (χ4n) is 2.21. The number of aromatic nitrogens is 1. The quantitative estimate of drug-likeness (QED) is 0.557. The van der Waals surface area contributed by atoms with E-state index in [2.05, 4.69) is 25.3 Å². The predicted octanol–water partition coefficient (Wildman–Crippen LogP) is 2.95. The Labute approximate surface area is 151 Å². The molecule has 0 aliphatic heterocycles. The Morgan fingerprint density at radius 3 is 2.62 bits per heavy atom. The summed E-state index contributed by atoms with van der Waals surface area (Å²) in [4.78, 5) is 8.38. The monoisotopic (exact) mass is 364 g/mol. The molecule has 0 aliphatic carbocycles. The summed E-state index contributed by atoms with van der Waals surface area (Å²) in [5.41, 5.74) is 1.73. The summed E-state index contributed by atoms with van der Waals surface area (Å²) in [6.07, 6.45) is 1.73. The van der Waals surface area contributed by atoms with Crippen molar-refractivity contribution in [1.82, 2.24) is 15.6 Å². The number of benzene rings is 1. The van der Waals surface area contributed by atoms with E-state index in [-0.39, 0.29) is 11.5 Å². The summed E-state index contributed by atoms with van der Waals surface area (Å²) in [5, 5.41) is 6.31. The van der Waals surface area contributed by atoms with Crippen molar-refractivity contribution >= 4 is 5.96 Å². The molecule has 0 aliphatic rings. The summed E-state index contributed by atoms with van der Waals surface area (Å²) >= 11 is 0. The topological polar surface area (TPSA) is 67.8 Å². The number of halogens is 2. The van der Waals surface area contributed by atoms with E-state index in [9.17, 15) is 8.78 Å². The maximum Gasteiger partial charge on any atom is 0.387 e. The molecule has 0 radical (unpaired) electrons. The van der Waals surface area contributed by atoms with Crippen molar-refractivity contribution in [3.8, 4) is 11.5 Å². The number of pyridine rings is 1. The van der Waals surface area contributed by atoms with E-state index < -0.39 is 6.61 Å². The highest BCUT2D eigenvalue weighted by Crippen LogP contribution is 2.29. The molecule has 140 valence electrons. The first-order chi connectivity index (χ1) is 12.6. The highest BCUT2D eigenvalue weighted by molar-refractivity contribution is 5.79. The fourth-order valence-corrected chi connectivity index (χ4v) is 2.21. The van der Waals surface area contributed by atoms with Crippen molar-refractivity contribution in [2.75, 3.05) is 13.7 Å². The molecule has 0 saturated carbocycles. The molecule has 26 heavy (non-hydrogen) atoms. The van der Waals surface area contributed by atoms with Crippen LogP contribution >= 0.6 is 0 Å². The van der Waals surface area contributed by atoms with E-state index in [1.807, 2.05) is 18.2 Å². The fraction of sp³-hybridized carbons (Fsp3) is 0.333. The first kappa shape index (κ1) is 19.4. The van der Waals surface area contributed by atoms with Gasteiger partial charge in [0.25, 0.3) is 0 Å². The third-order valence-electron chi connectivity index (χ3n) is 3.37. The Kier molecular flexibility index (Phi) is 7.60. The summed E-state index contributed by atoms with van der Waals surface area (Å²) in [5.74, 6) is 0.897. The molecule has 2 rings (SSSR count). The van der Waals surface area contributed by atoms with E-state index in [4.69, 9.17) is 4.74 Å². The van der Waals surface area contributed by atoms with Crippen LogP contribution in [0.1, 0.15) is 18.2 Å². The first-order valence-electron chi connectivity index (χ1n) is 8.17. The standard InChI is InChI=1S/C18H22F2N4O2/c1-3-25-16-10-13(7-8-15(16)26-17(19)20)11-23-18(21-2)24-12-14-6-4-5-9-22-14/h4-10,17H,3,11-12H2,1-2H3,(H2,21,23,24). The lowest BCUT2D eigenvalue weighted by atomic mass is 10.2. The number of nitrogens with one attached hydrogen (secondary N) is 2. The van der Waals surface area contributed by atoms with Gasteiger partial charge in [-0.1, -0.05) is 12.1 Å². The van der Waals surface area contributed by atoms with Gasteiger partial charge in [0.15, 0.2) is 17.5 Å². The Balaban J connectivity index is 1.95. The third-order valence-corrected chi connectivity index (χ3v) is 3.37. The van der Waals surface area contributed by atoms with Crippen molar-refractivity contribution in [2.24, 2.45) is 4.99 Å².